The van der Waals surface area contributed by atoms with Crippen molar-refractivity contribution in [1.82, 2.24) is 15.5 Å². The van der Waals surface area contributed by atoms with Gasteiger partial charge in [0.15, 0.2) is 5.96 Å². The summed E-state index contributed by atoms with van der Waals surface area (Å²) in [5.74, 6) is 1.79. The highest BCUT2D eigenvalue weighted by Gasteiger charge is 2.33. The second-order valence-corrected chi connectivity index (χ2v) is 6.07. The molecule has 1 heterocycles. The van der Waals surface area contributed by atoms with E-state index in [-0.39, 0.29) is 0 Å². The topological polar surface area (TPSA) is 39.7 Å². The lowest BCUT2D eigenvalue weighted by Gasteiger charge is -2.20. The second-order valence-electron chi connectivity index (χ2n) is 6.07. The minimum absolute atomic E-state index is 0.650. The summed E-state index contributed by atoms with van der Waals surface area (Å²) in [7, 11) is 1.86. The molecule has 2 fully saturated rings. The summed E-state index contributed by atoms with van der Waals surface area (Å²) in [6.07, 6.45) is 8.11. The molecule has 0 aromatic heterocycles. The van der Waals surface area contributed by atoms with Gasteiger partial charge in [-0.05, 0) is 51.2 Å². The van der Waals surface area contributed by atoms with Crippen LogP contribution in [0.5, 0.6) is 0 Å². The Morgan fingerprint density at radius 1 is 1.21 bits per heavy atom. The summed E-state index contributed by atoms with van der Waals surface area (Å²) in [6.45, 7) is 7.13. The van der Waals surface area contributed by atoms with Crippen molar-refractivity contribution in [3.8, 4) is 0 Å². The highest BCUT2D eigenvalue weighted by atomic mass is 15.2. The van der Waals surface area contributed by atoms with Gasteiger partial charge in [0.1, 0.15) is 0 Å². The van der Waals surface area contributed by atoms with Gasteiger partial charge in [0, 0.05) is 19.6 Å². The summed E-state index contributed by atoms with van der Waals surface area (Å²) in [4.78, 5) is 6.90. The molecule has 2 aliphatic rings. The number of guanidine groups is 1. The Kier molecular flexibility index (Phi) is 5.95. The summed E-state index contributed by atoms with van der Waals surface area (Å²) >= 11 is 0. The molecule has 2 rings (SSSR count). The third kappa shape index (κ3) is 5.39. The summed E-state index contributed by atoms with van der Waals surface area (Å²) in [5, 5.41) is 6.89. The first-order chi connectivity index (χ1) is 9.29. The smallest absolute Gasteiger partial charge is 0.191 e. The molecule has 110 valence electrons. The van der Waals surface area contributed by atoms with Gasteiger partial charge in [-0.1, -0.05) is 19.8 Å². The molecule has 2 atom stereocenters. The van der Waals surface area contributed by atoms with Crippen LogP contribution in [-0.4, -0.2) is 50.1 Å². The molecule has 4 heteroatoms. The number of nitrogens with one attached hydrogen (secondary N) is 2. The van der Waals surface area contributed by atoms with Crippen LogP contribution in [0.25, 0.3) is 0 Å². The van der Waals surface area contributed by atoms with Crippen LogP contribution in [0.4, 0.5) is 0 Å². The van der Waals surface area contributed by atoms with Gasteiger partial charge in [0.2, 0.25) is 0 Å². The van der Waals surface area contributed by atoms with Gasteiger partial charge in [-0.15, -0.1) is 0 Å². The first-order valence-corrected chi connectivity index (χ1v) is 7.99. The summed E-state index contributed by atoms with van der Waals surface area (Å²) in [5.41, 5.74) is 0. The van der Waals surface area contributed by atoms with E-state index >= 15 is 0 Å². The molecule has 0 aromatic rings. The fraction of sp³-hybridized carbons (Fsp3) is 0.933. The molecule has 0 aromatic carbocycles. The highest BCUT2D eigenvalue weighted by molar-refractivity contribution is 5.80. The first kappa shape index (κ1) is 14.6. The molecule has 19 heavy (non-hydrogen) atoms. The molecular weight excluding hydrogens is 236 g/mol. The SMILES string of the molecule is CN=C(NCCCN1CCCCCC1)NC1CC1C. The Morgan fingerprint density at radius 2 is 1.89 bits per heavy atom. The lowest BCUT2D eigenvalue weighted by Crippen LogP contribution is -2.40. The number of hydrogen-bond donors (Lipinski definition) is 2. The quantitative estimate of drug-likeness (QED) is 0.453. The monoisotopic (exact) mass is 266 g/mol. The number of hydrogen-bond acceptors (Lipinski definition) is 2. The largest absolute Gasteiger partial charge is 0.356 e. The third-order valence-corrected chi connectivity index (χ3v) is 4.30. The van der Waals surface area contributed by atoms with Gasteiger partial charge in [-0.3, -0.25) is 4.99 Å². The predicted molar refractivity (Wildman–Crippen MR) is 81.6 cm³/mol. The van der Waals surface area contributed by atoms with Gasteiger partial charge < -0.3 is 15.5 Å². The fourth-order valence-electron chi connectivity index (χ4n) is 2.76. The van der Waals surface area contributed by atoms with Gasteiger partial charge in [-0.2, -0.15) is 0 Å². The minimum atomic E-state index is 0.650. The van der Waals surface area contributed by atoms with Crippen molar-refractivity contribution in [2.45, 2.75) is 51.5 Å². The zero-order valence-electron chi connectivity index (χ0n) is 12.6. The van der Waals surface area contributed by atoms with Crippen LogP contribution in [0.2, 0.25) is 0 Å². The van der Waals surface area contributed by atoms with E-state index in [2.05, 4.69) is 27.4 Å². The maximum atomic E-state index is 4.28. The highest BCUT2D eigenvalue weighted by Crippen LogP contribution is 2.28. The van der Waals surface area contributed by atoms with Crippen LogP contribution in [0, 0.1) is 5.92 Å². The lowest BCUT2D eigenvalue weighted by atomic mass is 10.2. The van der Waals surface area contributed by atoms with Crippen LogP contribution in [-0.2, 0) is 0 Å². The maximum absolute atomic E-state index is 4.28. The van der Waals surface area contributed by atoms with Crippen LogP contribution >= 0.6 is 0 Å². The Bertz CT molecular complexity index is 282. The Hall–Kier alpha value is -0.770. The van der Waals surface area contributed by atoms with Crippen LogP contribution in [0.1, 0.15) is 45.4 Å². The molecule has 1 aliphatic carbocycles. The third-order valence-electron chi connectivity index (χ3n) is 4.30. The van der Waals surface area contributed by atoms with Gasteiger partial charge in [-0.25, -0.2) is 0 Å². The van der Waals surface area contributed by atoms with E-state index in [1.165, 1.54) is 58.2 Å². The normalized spacial score (nSPS) is 28.8. The zero-order chi connectivity index (χ0) is 13.5. The van der Waals surface area contributed by atoms with E-state index in [9.17, 15) is 0 Å². The molecule has 0 radical (unpaired) electrons. The standard InChI is InChI=1S/C15H30N4/c1-13-12-14(13)18-15(16-2)17-8-7-11-19-9-5-3-4-6-10-19/h13-14H,3-12H2,1-2H3,(H2,16,17,18). The number of aliphatic imine (C=N–C) groups is 1. The van der Waals surface area contributed by atoms with Gasteiger partial charge in [0.25, 0.3) is 0 Å². The molecule has 0 spiro atoms. The molecule has 1 aliphatic heterocycles. The van der Waals surface area contributed by atoms with E-state index in [0.29, 0.717) is 6.04 Å². The summed E-state index contributed by atoms with van der Waals surface area (Å²) < 4.78 is 0. The number of nitrogens with zero attached hydrogens (tertiary/aromatic N) is 2. The predicted octanol–water partition coefficient (Wildman–Crippen LogP) is 1.83. The fourth-order valence-corrected chi connectivity index (χ4v) is 2.76. The van der Waals surface area contributed by atoms with Crippen LogP contribution in [0.15, 0.2) is 4.99 Å². The van der Waals surface area contributed by atoms with Crippen LogP contribution < -0.4 is 10.6 Å². The van der Waals surface area contributed by atoms with Gasteiger partial charge >= 0.3 is 0 Å². The second kappa shape index (κ2) is 7.73. The average molecular weight is 266 g/mol. The number of rotatable bonds is 5. The lowest BCUT2D eigenvalue weighted by molar-refractivity contribution is 0.282. The van der Waals surface area contributed by atoms with E-state index < -0.39 is 0 Å². The van der Waals surface area contributed by atoms with E-state index in [0.717, 1.165) is 18.4 Å². The number of likely N-dealkylation sites (tertiary alicyclic amines) is 1. The molecule has 1 saturated carbocycles. The Balaban J connectivity index is 1.54. The van der Waals surface area contributed by atoms with Gasteiger partial charge in [0.05, 0.1) is 0 Å². The summed E-state index contributed by atoms with van der Waals surface area (Å²) in [6, 6.07) is 0.650. The van der Waals surface area contributed by atoms with Crippen molar-refractivity contribution in [3.05, 3.63) is 0 Å². The molecule has 2 N–H and O–H groups in total. The Morgan fingerprint density at radius 3 is 2.47 bits per heavy atom. The molecule has 4 nitrogen and oxygen atoms in total. The molecule has 0 bridgehead atoms. The van der Waals surface area contributed by atoms with Crippen molar-refractivity contribution < 1.29 is 0 Å². The van der Waals surface area contributed by atoms with Crippen molar-refractivity contribution >= 4 is 5.96 Å². The Labute approximate surface area is 118 Å². The zero-order valence-corrected chi connectivity index (χ0v) is 12.6. The maximum Gasteiger partial charge on any atom is 0.191 e. The van der Waals surface area contributed by atoms with Crippen molar-refractivity contribution in [1.29, 1.82) is 0 Å². The van der Waals surface area contributed by atoms with Crippen molar-refractivity contribution in [3.63, 3.8) is 0 Å². The van der Waals surface area contributed by atoms with Crippen molar-refractivity contribution in [2.24, 2.45) is 10.9 Å². The van der Waals surface area contributed by atoms with E-state index in [1.807, 2.05) is 7.05 Å². The molecule has 1 saturated heterocycles. The van der Waals surface area contributed by atoms with Crippen LogP contribution in [0.3, 0.4) is 0 Å². The van der Waals surface area contributed by atoms with E-state index in [1.54, 1.807) is 0 Å². The first-order valence-electron chi connectivity index (χ1n) is 7.99. The average Bonchev–Trinajstić information content (AvgIpc) is 3.16. The minimum Gasteiger partial charge on any atom is -0.356 e. The molecular formula is C15H30N4. The molecule has 2 unspecified atom stereocenters. The molecule has 0 amide bonds. The van der Waals surface area contributed by atoms with E-state index in [4.69, 9.17) is 0 Å². The van der Waals surface area contributed by atoms with Crippen molar-refractivity contribution in [2.75, 3.05) is 33.2 Å².